The van der Waals surface area contributed by atoms with Crippen LogP contribution in [0.5, 0.6) is 0 Å². The molecule has 7 nitrogen and oxygen atoms in total. The fourth-order valence-corrected chi connectivity index (χ4v) is 4.62. The minimum Gasteiger partial charge on any atom is -0.399 e. The normalized spacial score (nSPS) is 11.6. The van der Waals surface area contributed by atoms with Crippen LogP contribution in [0.2, 0.25) is 0 Å². The molecule has 0 aliphatic carbocycles. The lowest BCUT2D eigenvalue weighted by atomic mass is 10.00. The minimum absolute atomic E-state index is 0.00107. The molecule has 33 heavy (non-hydrogen) atoms. The van der Waals surface area contributed by atoms with Gasteiger partial charge in [0.15, 0.2) is 5.82 Å². The van der Waals surface area contributed by atoms with Gasteiger partial charge in [0, 0.05) is 34.6 Å². The molecule has 0 atom stereocenters. The number of sulfonamides is 1. The zero-order valence-corrected chi connectivity index (χ0v) is 18.3. The van der Waals surface area contributed by atoms with Crippen LogP contribution in [0.3, 0.4) is 0 Å². The first-order chi connectivity index (χ1) is 15.7. The summed E-state index contributed by atoms with van der Waals surface area (Å²) in [6.07, 6.45) is 3.23. The first kappa shape index (κ1) is 22.4. The zero-order chi connectivity index (χ0) is 23.8. The second-order valence-electron chi connectivity index (χ2n) is 7.48. The number of nitrogens with zero attached hydrogens (tertiary/aromatic N) is 1. The number of hydrogen-bond donors (Lipinski definition) is 3. The second-order valence-corrected chi connectivity index (χ2v) is 9.32. The van der Waals surface area contributed by atoms with Gasteiger partial charge < -0.3 is 10.7 Å². The van der Waals surface area contributed by atoms with Crippen LogP contribution < -0.4 is 10.5 Å². The number of fused-ring (bicyclic) bond motifs is 1. The molecule has 4 N–H and O–H groups in total. The molecule has 0 unspecified atom stereocenters. The summed E-state index contributed by atoms with van der Waals surface area (Å²) in [5, 5.41) is 0.366. The second kappa shape index (κ2) is 8.62. The molecule has 0 bridgehead atoms. The third-order valence-corrected chi connectivity index (χ3v) is 6.55. The smallest absolute Gasteiger partial charge is 0.232 e. The van der Waals surface area contributed by atoms with Gasteiger partial charge in [-0.3, -0.25) is 9.52 Å². The van der Waals surface area contributed by atoms with Gasteiger partial charge >= 0.3 is 0 Å². The van der Waals surface area contributed by atoms with Crippen molar-refractivity contribution in [2.45, 2.75) is 13.3 Å². The van der Waals surface area contributed by atoms with Gasteiger partial charge in [-0.2, -0.15) is 0 Å². The van der Waals surface area contributed by atoms with Crippen LogP contribution in [0.15, 0.2) is 54.9 Å². The van der Waals surface area contributed by atoms with Gasteiger partial charge in [0.25, 0.3) is 0 Å². The summed E-state index contributed by atoms with van der Waals surface area (Å²) >= 11 is 0. The van der Waals surface area contributed by atoms with Gasteiger partial charge in [-0.25, -0.2) is 22.2 Å². The Balaban J connectivity index is 1.78. The van der Waals surface area contributed by atoms with Crippen LogP contribution in [0, 0.1) is 11.6 Å². The number of anilines is 2. The van der Waals surface area contributed by atoms with Gasteiger partial charge in [-0.05, 0) is 42.3 Å². The van der Waals surface area contributed by atoms with Crippen molar-refractivity contribution in [1.82, 2.24) is 9.97 Å². The molecule has 0 spiro atoms. The van der Waals surface area contributed by atoms with Crippen LogP contribution >= 0.6 is 0 Å². The third kappa shape index (κ3) is 4.42. The molecule has 0 saturated carbocycles. The molecule has 0 fully saturated rings. The maximum Gasteiger partial charge on any atom is 0.232 e. The van der Waals surface area contributed by atoms with Crippen LogP contribution in [0.4, 0.5) is 20.2 Å². The van der Waals surface area contributed by atoms with Crippen LogP contribution in [0.25, 0.3) is 22.2 Å². The average molecular weight is 471 g/mol. The standard InChI is InChI=1S/C23H20F2N4O3S/c1-2-9-33(31,32)29-19-8-7-18(24)20(21(19)25)22(30)17-12-28-23-16(17)10-14(11-27-23)13-3-5-15(26)6-4-13/h3-8,10-12,29H,2,9,26H2,1H3,(H,27,28). The fourth-order valence-electron chi connectivity index (χ4n) is 3.49. The summed E-state index contributed by atoms with van der Waals surface area (Å²) in [5.41, 5.74) is 6.80. The van der Waals surface area contributed by atoms with Crippen LogP contribution in [-0.4, -0.2) is 29.9 Å². The number of carbonyl (C=O) groups is 1. The van der Waals surface area contributed by atoms with Crippen molar-refractivity contribution in [3.05, 3.63) is 77.6 Å². The van der Waals surface area contributed by atoms with E-state index in [2.05, 4.69) is 14.7 Å². The molecule has 0 aliphatic rings. The van der Waals surface area contributed by atoms with Crippen molar-refractivity contribution in [3.8, 4) is 11.1 Å². The highest BCUT2D eigenvalue weighted by molar-refractivity contribution is 7.92. The predicted octanol–water partition coefficient (Wildman–Crippen LogP) is 4.47. The van der Waals surface area contributed by atoms with Gasteiger partial charge in [-0.1, -0.05) is 19.1 Å². The number of aromatic amines is 1. The summed E-state index contributed by atoms with van der Waals surface area (Å²) in [6.45, 7) is 1.65. The lowest BCUT2D eigenvalue weighted by Gasteiger charge is -2.11. The number of nitrogen functional groups attached to an aromatic ring is 1. The number of H-pyrrole nitrogens is 1. The molecule has 2 heterocycles. The Hall–Kier alpha value is -3.79. The van der Waals surface area contributed by atoms with E-state index in [1.165, 1.54) is 6.20 Å². The van der Waals surface area contributed by atoms with E-state index in [4.69, 9.17) is 5.73 Å². The van der Waals surface area contributed by atoms with E-state index < -0.39 is 38.7 Å². The number of benzene rings is 2. The number of pyridine rings is 1. The average Bonchev–Trinajstić information content (AvgIpc) is 3.19. The summed E-state index contributed by atoms with van der Waals surface area (Å²) in [7, 11) is -3.84. The molecule has 0 radical (unpaired) electrons. The van der Waals surface area contributed by atoms with E-state index in [0.717, 1.165) is 17.7 Å². The number of aromatic nitrogens is 2. The van der Waals surface area contributed by atoms with Gasteiger partial charge in [0.05, 0.1) is 17.0 Å². The van der Waals surface area contributed by atoms with Gasteiger partial charge in [0.1, 0.15) is 11.5 Å². The number of ketones is 1. The zero-order valence-electron chi connectivity index (χ0n) is 17.5. The van der Waals surface area contributed by atoms with Crippen molar-refractivity contribution in [1.29, 1.82) is 0 Å². The van der Waals surface area contributed by atoms with E-state index in [1.807, 2.05) is 0 Å². The lowest BCUT2D eigenvalue weighted by Crippen LogP contribution is -2.18. The molecular weight excluding hydrogens is 450 g/mol. The van der Waals surface area contributed by atoms with Gasteiger partial charge in [-0.15, -0.1) is 0 Å². The molecule has 10 heteroatoms. The molecule has 0 saturated heterocycles. The molecule has 170 valence electrons. The predicted molar refractivity (Wildman–Crippen MR) is 123 cm³/mol. The maximum atomic E-state index is 15.1. The third-order valence-electron chi connectivity index (χ3n) is 5.08. The number of hydrogen-bond acceptors (Lipinski definition) is 5. The Bertz CT molecular complexity index is 1470. The first-order valence-corrected chi connectivity index (χ1v) is 11.7. The minimum atomic E-state index is -3.84. The first-order valence-electron chi connectivity index (χ1n) is 10.1. The fraction of sp³-hybridized carbons (Fsp3) is 0.130. The van der Waals surface area contributed by atoms with E-state index in [9.17, 15) is 17.6 Å². The Morgan fingerprint density at radius 3 is 2.55 bits per heavy atom. The summed E-state index contributed by atoms with van der Waals surface area (Å²) < 4.78 is 55.8. The van der Waals surface area contributed by atoms with Crippen molar-refractivity contribution < 1.29 is 22.0 Å². The highest BCUT2D eigenvalue weighted by Crippen LogP contribution is 2.30. The molecule has 2 aromatic carbocycles. The van der Waals surface area contributed by atoms with Crippen molar-refractivity contribution in [2.75, 3.05) is 16.2 Å². The Labute approximate surface area is 188 Å². The lowest BCUT2D eigenvalue weighted by molar-refractivity contribution is 0.103. The number of rotatable bonds is 7. The van der Waals surface area contributed by atoms with E-state index in [1.54, 1.807) is 43.5 Å². The van der Waals surface area contributed by atoms with Crippen LogP contribution in [0.1, 0.15) is 29.3 Å². The number of carbonyl (C=O) groups excluding carboxylic acids is 1. The quantitative estimate of drug-likeness (QED) is 0.272. The molecule has 4 aromatic rings. The number of nitrogens with two attached hydrogens (primary N) is 1. The van der Waals surface area contributed by atoms with Crippen molar-refractivity contribution in [2.24, 2.45) is 0 Å². The van der Waals surface area contributed by atoms with Crippen molar-refractivity contribution in [3.63, 3.8) is 0 Å². The SMILES string of the molecule is CCCS(=O)(=O)Nc1ccc(F)c(C(=O)c2c[nH]c3ncc(-c4ccc(N)cc4)cc23)c1F. The maximum absolute atomic E-state index is 15.1. The monoisotopic (exact) mass is 470 g/mol. The number of halogens is 2. The van der Waals surface area contributed by atoms with E-state index in [-0.39, 0.29) is 11.3 Å². The summed E-state index contributed by atoms with van der Waals surface area (Å²) in [6, 6.07) is 10.5. The Morgan fingerprint density at radius 1 is 1.12 bits per heavy atom. The topological polar surface area (TPSA) is 118 Å². The molecular formula is C23H20F2N4O3S. The van der Waals surface area contributed by atoms with Gasteiger partial charge in [0.2, 0.25) is 15.8 Å². The molecule has 0 amide bonds. The largest absolute Gasteiger partial charge is 0.399 e. The van der Waals surface area contributed by atoms with Crippen LogP contribution in [-0.2, 0) is 10.0 Å². The number of nitrogens with one attached hydrogen (secondary N) is 2. The summed E-state index contributed by atoms with van der Waals surface area (Å²) in [5.74, 6) is -3.57. The Morgan fingerprint density at radius 2 is 1.85 bits per heavy atom. The Kier molecular flexibility index (Phi) is 5.86. The summed E-state index contributed by atoms with van der Waals surface area (Å²) in [4.78, 5) is 20.3. The molecule has 4 rings (SSSR count). The molecule has 0 aliphatic heterocycles. The highest BCUT2D eigenvalue weighted by Gasteiger charge is 2.26. The van der Waals surface area contributed by atoms with Crippen molar-refractivity contribution >= 4 is 38.2 Å². The molecule has 2 aromatic heterocycles. The highest BCUT2D eigenvalue weighted by atomic mass is 32.2. The van der Waals surface area contributed by atoms with E-state index >= 15 is 4.39 Å². The van der Waals surface area contributed by atoms with E-state index in [0.29, 0.717) is 28.7 Å².